The Hall–Kier alpha value is -2.42. The molecule has 0 radical (unpaired) electrons. The lowest BCUT2D eigenvalue weighted by Crippen LogP contribution is -2.45. The highest BCUT2D eigenvalue weighted by molar-refractivity contribution is 6.03. The molecule has 2 saturated heterocycles. The van der Waals surface area contributed by atoms with E-state index in [1.54, 1.807) is 4.90 Å². The molecule has 4 amide bonds. The fourth-order valence-corrected chi connectivity index (χ4v) is 3.47. The summed E-state index contributed by atoms with van der Waals surface area (Å²) in [4.78, 5) is 45.2. The minimum Gasteiger partial charge on any atom is -0.340 e. The van der Waals surface area contributed by atoms with E-state index in [2.05, 4.69) is 19.8 Å². The summed E-state index contributed by atoms with van der Waals surface area (Å²) in [5.74, 6) is 0.727. The molecule has 0 bridgehead atoms. The molecule has 0 aromatic carbocycles. The molecule has 0 aliphatic carbocycles. The fourth-order valence-electron chi connectivity index (χ4n) is 3.47. The molecule has 142 valence electrons. The molecular weight excluding hydrogens is 336 g/mol. The van der Waals surface area contributed by atoms with Crippen LogP contribution in [0.3, 0.4) is 0 Å². The number of nitrogens with zero attached hydrogens (tertiary/aromatic N) is 5. The van der Waals surface area contributed by atoms with Crippen LogP contribution in [0.15, 0.2) is 12.4 Å². The molecule has 0 saturated carbocycles. The molecule has 3 heterocycles. The Morgan fingerprint density at radius 1 is 1.38 bits per heavy atom. The zero-order valence-corrected chi connectivity index (χ0v) is 15.3. The lowest BCUT2D eigenvalue weighted by atomic mass is 9.97. The Kier molecular flexibility index (Phi) is 5.55. The normalized spacial score (nSPS) is 20.8. The third-order valence-electron chi connectivity index (χ3n) is 4.87. The van der Waals surface area contributed by atoms with Crippen LogP contribution >= 0.6 is 0 Å². The van der Waals surface area contributed by atoms with Gasteiger partial charge in [0.05, 0.1) is 0 Å². The van der Waals surface area contributed by atoms with Crippen molar-refractivity contribution in [2.24, 2.45) is 0 Å². The van der Waals surface area contributed by atoms with E-state index >= 15 is 0 Å². The van der Waals surface area contributed by atoms with E-state index in [1.165, 1.54) is 4.90 Å². The zero-order chi connectivity index (χ0) is 18.7. The van der Waals surface area contributed by atoms with Crippen LogP contribution in [0.1, 0.15) is 24.6 Å². The zero-order valence-electron chi connectivity index (χ0n) is 15.3. The fraction of sp³-hybridized carbons (Fsp3) is 0.647. The number of imidazole rings is 1. The number of carbonyl (C=O) groups is 3. The van der Waals surface area contributed by atoms with Crippen molar-refractivity contribution in [3.8, 4) is 0 Å². The van der Waals surface area contributed by atoms with E-state index in [1.807, 2.05) is 26.5 Å². The first-order chi connectivity index (χ1) is 12.4. The number of likely N-dealkylation sites (N-methyl/N-ethyl adjacent to an activating group) is 1. The van der Waals surface area contributed by atoms with Crippen LogP contribution in [-0.4, -0.2) is 88.9 Å². The van der Waals surface area contributed by atoms with Crippen molar-refractivity contribution >= 4 is 17.8 Å². The maximum atomic E-state index is 12.6. The molecule has 1 atom stereocenters. The molecule has 9 heteroatoms. The second-order valence-corrected chi connectivity index (χ2v) is 7.17. The minimum absolute atomic E-state index is 0.0449. The molecule has 1 aromatic rings. The van der Waals surface area contributed by atoms with Gasteiger partial charge >= 0.3 is 6.03 Å². The van der Waals surface area contributed by atoms with Gasteiger partial charge in [-0.15, -0.1) is 0 Å². The van der Waals surface area contributed by atoms with Crippen molar-refractivity contribution in [1.82, 2.24) is 29.6 Å². The number of hydrogen-bond donors (Lipinski definition) is 1. The van der Waals surface area contributed by atoms with E-state index in [9.17, 15) is 14.4 Å². The number of likely N-dealkylation sites (tertiary alicyclic amines) is 1. The molecular formula is C17H26N6O3. The van der Waals surface area contributed by atoms with Gasteiger partial charge in [-0.3, -0.25) is 14.9 Å². The third kappa shape index (κ3) is 4.21. The smallest absolute Gasteiger partial charge is 0.325 e. The standard InChI is InChI=1S/C17H26N6O3/c1-20(2)8-9-21-7-5-18-16(21)13-4-3-6-22(10-13)15(25)12-23-11-14(24)19-17(23)26/h5,7,13H,3-4,6,8-12H2,1-2H3,(H,19,24,26)/t13-/m1/s1. The predicted molar refractivity (Wildman–Crippen MR) is 94.4 cm³/mol. The second-order valence-electron chi connectivity index (χ2n) is 7.17. The van der Waals surface area contributed by atoms with Crippen LogP contribution in [0, 0.1) is 0 Å². The molecule has 2 fully saturated rings. The van der Waals surface area contributed by atoms with Crippen molar-refractivity contribution in [1.29, 1.82) is 0 Å². The van der Waals surface area contributed by atoms with E-state index < -0.39 is 6.03 Å². The largest absolute Gasteiger partial charge is 0.340 e. The van der Waals surface area contributed by atoms with Gasteiger partial charge in [0.2, 0.25) is 11.8 Å². The molecule has 0 unspecified atom stereocenters. The number of rotatable bonds is 6. The quantitative estimate of drug-likeness (QED) is 0.702. The number of piperidine rings is 1. The average molecular weight is 362 g/mol. The Bertz CT molecular complexity index is 686. The van der Waals surface area contributed by atoms with Gasteiger partial charge in [0.1, 0.15) is 18.9 Å². The van der Waals surface area contributed by atoms with Crippen LogP contribution in [0.4, 0.5) is 4.79 Å². The number of nitrogens with one attached hydrogen (secondary N) is 1. The molecule has 1 N–H and O–H groups in total. The highest BCUT2D eigenvalue weighted by atomic mass is 16.2. The van der Waals surface area contributed by atoms with E-state index in [4.69, 9.17) is 0 Å². The lowest BCUT2D eigenvalue weighted by molar-refractivity contribution is -0.133. The van der Waals surface area contributed by atoms with Crippen LogP contribution in [0.25, 0.3) is 0 Å². The van der Waals surface area contributed by atoms with E-state index in [0.29, 0.717) is 13.1 Å². The summed E-state index contributed by atoms with van der Waals surface area (Å²) in [6.45, 7) is 2.97. The lowest BCUT2D eigenvalue weighted by Gasteiger charge is -2.33. The molecule has 26 heavy (non-hydrogen) atoms. The summed E-state index contributed by atoms with van der Waals surface area (Å²) < 4.78 is 2.16. The minimum atomic E-state index is -0.490. The van der Waals surface area contributed by atoms with Gasteiger partial charge in [0, 0.05) is 44.5 Å². The molecule has 1 aromatic heterocycles. The Morgan fingerprint density at radius 2 is 2.19 bits per heavy atom. The van der Waals surface area contributed by atoms with Crippen LogP contribution in [-0.2, 0) is 16.1 Å². The number of carbonyl (C=O) groups excluding carboxylic acids is 3. The summed E-state index contributed by atoms with van der Waals surface area (Å²) in [5, 5.41) is 2.20. The van der Waals surface area contributed by atoms with Crippen LogP contribution < -0.4 is 5.32 Å². The first-order valence-electron chi connectivity index (χ1n) is 8.96. The molecule has 2 aliphatic rings. The molecule has 2 aliphatic heterocycles. The van der Waals surface area contributed by atoms with Gasteiger partial charge in [-0.05, 0) is 26.9 Å². The second kappa shape index (κ2) is 7.86. The Labute approximate surface area is 152 Å². The summed E-state index contributed by atoms with van der Waals surface area (Å²) in [5.41, 5.74) is 0. The predicted octanol–water partition coefficient (Wildman–Crippen LogP) is -0.297. The number of urea groups is 1. The van der Waals surface area contributed by atoms with Crippen molar-refractivity contribution in [3.05, 3.63) is 18.2 Å². The van der Waals surface area contributed by atoms with Gasteiger partial charge < -0.3 is 19.3 Å². The molecule has 3 rings (SSSR count). The monoisotopic (exact) mass is 362 g/mol. The van der Waals surface area contributed by atoms with Gasteiger partial charge in [-0.1, -0.05) is 0 Å². The number of imide groups is 1. The van der Waals surface area contributed by atoms with Crippen molar-refractivity contribution in [3.63, 3.8) is 0 Å². The Balaban J connectivity index is 1.61. The summed E-state index contributed by atoms with van der Waals surface area (Å²) in [7, 11) is 4.08. The highest BCUT2D eigenvalue weighted by Gasteiger charge is 2.32. The van der Waals surface area contributed by atoms with E-state index in [-0.39, 0.29) is 30.8 Å². The number of amides is 4. The maximum Gasteiger partial charge on any atom is 0.325 e. The first-order valence-corrected chi connectivity index (χ1v) is 8.96. The average Bonchev–Trinajstić information content (AvgIpc) is 3.19. The summed E-state index contributed by atoms with van der Waals surface area (Å²) in [6, 6.07) is -0.490. The SMILES string of the molecule is CN(C)CCn1ccnc1[C@@H]1CCCN(C(=O)CN2CC(=O)NC2=O)C1. The number of hydrogen-bond acceptors (Lipinski definition) is 5. The van der Waals surface area contributed by atoms with Gasteiger partial charge in [-0.2, -0.15) is 0 Å². The van der Waals surface area contributed by atoms with Gasteiger partial charge in [0.25, 0.3) is 0 Å². The van der Waals surface area contributed by atoms with Crippen molar-refractivity contribution < 1.29 is 14.4 Å². The maximum absolute atomic E-state index is 12.6. The number of aromatic nitrogens is 2. The first kappa shape index (κ1) is 18.4. The highest BCUT2D eigenvalue weighted by Crippen LogP contribution is 2.26. The summed E-state index contributed by atoms with van der Waals surface area (Å²) in [6.07, 6.45) is 5.69. The molecule has 0 spiro atoms. The van der Waals surface area contributed by atoms with Crippen LogP contribution in [0.5, 0.6) is 0 Å². The van der Waals surface area contributed by atoms with Crippen LogP contribution in [0.2, 0.25) is 0 Å². The molecule has 9 nitrogen and oxygen atoms in total. The van der Waals surface area contributed by atoms with E-state index in [0.717, 1.165) is 31.8 Å². The third-order valence-corrected chi connectivity index (χ3v) is 4.87. The summed E-state index contributed by atoms with van der Waals surface area (Å²) >= 11 is 0. The van der Waals surface area contributed by atoms with Crippen molar-refractivity contribution in [2.45, 2.75) is 25.3 Å². The van der Waals surface area contributed by atoms with Crippen molar-refractivity contribution in [2.75, 3.05) is 46.8 Å². The van der Waals surface area contributed by atoms with Gasteiger partial charge in [-0.25, -0.2) is 9.78 Å². The Morgan fingerprint density at radius 3 is 2.88 bits per heavy atom. The topological polar surface area (TPSA) is 90.8 Å². The van der Waals surface area contributed by atoms with Gasteiger partial charge in [0.15, 0.2) is 0 Å².